The second-order valence-electron chi connectivity index (χ2n) is 8.83. The van der Waals surface area contributed by atoms with E-state index in [9.17, 15) is 4.79 Å². The van der Waals surface area contributed by atoms with Crippen LogP contribution in [0.2, 0.25) is 0 Å². The van der Waals surface area contributed by atoms with Crippen LogP contribution in [0, 0.1) is 6.92 Å². The number of imidazole rings is 1. The first kappa shape index (κ1) is 23.7. The minimum atomic E-state index is 0.0888. The molecule has 0 radical (unpaired) electrons. The van der Waals surface area contributed by atoms with E-state index >= 15 is 0 Å². The zero-order valence-electron chi connectivity index (χ0n) is 20.1. The van der Waals surface area contributed by atoms with Gasteiger partial charge in [0.1, 0.15) is 17.4 Å². The van der Waals surface area contributed by atoms with Crippen molar-refractivity contribution in [1.29, 1.82) is 0 Å². The first-order valence-electron chi connectivity index (χ1n) is 12.1. The molecule has 1 saturated heterocycles. The molecule has 1 unspecified atom stereocenters. The summed E-state index contributed by atoms with van der Waals surface area (Å²) in [5, 5.41) is 3.10. The van der Waals surface area contributed by atoms with Crippen molar-refractivity contribution in [3.63, 3.8) is 0 Å². The lowest BCUT2D eigenvalue weighted by atomic mass is 9.98. The first-order chi connectivity index (χ1) is 16.6. The van der Waals surface area contributed by atoms with Crippen LogP contribution in [0.15, 0.2) is 49.1 Å². The average molecular weight is 463 g/mol. The molecule has 1 aromatic carbocycles. The molecule has 1 aliphatic rings. The van der Waals surface area contributed by atoms with Gasteiger partial charge in [0.2, 0.25) is 5.91 Å². The number of rotatable bonds is 10. The van der Waals surface area contributed by atoms with Gasteiger partial charge in [0.05, 0.1) is 13.4 Å². The third kappa shape index (κ3) is 6.56. The van der Waals surface area contributed by atoms with Gasteiger partial charge in [0, 0.05) is 62.7 Å². The monoisotopic (exact) mass is 462 g/mol. The maximum atomic E-state index is 12.8. The standard InChI is InChI=1S/C26H34N6O2/c1-20-16-25(30-24(29-20)10-14-31-15-12-27-19-31)32-13-4-3-7-22(32)18-26(33)28-11-9-21-6-5-8-23(17-21)34-2/h5-6,8,12,15-17,19,22H,3-4,7,9-11,13-14,18H2,1-2H3,(H,28,33). The van der Waals surface area contributed by atoms with E-state index in [0.29, 0.717) is 13.0 Å². The molecule has 1 fully saturated rings. The average Bonchev–Trinajstić information content (AvgIpc) is 3.37. The molecule has 8 nitrogen and oxygen atoms in total. The molecule has 180 valence electrons. The summed E-state index contributed by atoms with van der Waals surface area (Å²) < 4.78 is 7.31. The lowest BCUT2D eigenvalue weighted by Crippen LogP contribution is -2.43. The Morgan fingerprint density at radius 3 is 2.94 bits per heavy atom. The van der Waals surface area contributed by atoms with Gasteiger partial charge in [-0.05, 0) is 50.3 Å². The van der Waals surface area contributed by atoms with E-state index in [4.69, 9.17) is 9.72 Å². The lowest BCUT2D eigenvalue weighted by molar-refractivity contribution is -0.121. The molecule has 0 aliphatic carbocycles. The van der Waals surface area contributed by atoms with Gasteiger partial charge >= 0.3 is 0 Å². The van der Waals surface area contributed by atoms with Crippen LogP contribution in [0.25, 0.3) is 0 Å². The van der Waals surface area contributed by atoms with Crippen LogP contribution >= 0.6 is 0 Å². The van der Waals surface area contributed by atoms with Gasteiger partial charge in [-0.15, -0.1) is 0 Å². The van der Waals surface area contributed by atoms with E-state index in [0.717, 1.165) is 73.8 Å². The van der Waals surface area contributed by atoms with Gasteiger partial charge in [-0.25, -0.2) is 15.0 Å². The fourth-order valence-electron chi connectivity index (χ4n) is 4.49. The Kier molecular flexibility index (Phi) is 8.12. The van der Waals surface area contributed by atoms with Crippen LogP contribution in [0.5, 0.6) is 5.75 Å². The maximum Gasteiger partial charge on any atom is 0.222 e. The molecular weight excluding hydrogens is 428 g/mol. The van der Waals surface area contributed by atoms with Crippen molar-refractivity contribution in [3.8, 4) is 5.75 Å². The van der Waals surface area contributed by atoms with E-state index in [1.165, 1.54) is 0 Å². The zero-order valence-corrected chi connectivity index (χ0v) is 20.1. The predicted octanol–water partition coefficient (Wildman–Crippen LogP) is 3.34. The van der Waals surface area contributed by atoms with Crippen LogP contribution < -0.4 is 15.0 Å². The molecule has 8 heteroatoms. The highest BCUT2D eigenvalue weighted by atomic mass is 16.5. The number of nitrogens with zero attached hydrogens (tertiary/aromatic N) is 5. The van der Waals surface area contributed by atoms with Crippen LogP contribution in [0.4, 0.5) is 5.82 Å². The summed E-state index contributed by atoms with van der Waals surface area (Å²) in [6, 6.07) is 10.2. The Morgan fingerprint density at radius 2 is 2.12 bits per heavy atom. The number of carbonyl (C=O) groups excluding carboxylic acids is 1. The SMILES string of the molecule is COc1cccc(CCNC(=O)CC2CCCCN2c2cc(C)nc(CCn3ccnc3)n2)c1. The number of amides is 1. The molecule has 34 heavy (non-hydrogen) atoms. The van der Waals surface area contributed by atoms with Crippen molar-refractivity contribution in [3.05, 3.63) is 66.1 Å². The maximum absolute atomic E-state index is 12.8. The van der Waals surface area contributed by atoms with E-state index in [-0.39, 0.29) is 11.9 Å². The Hall–Kier alpha value is -3.42. The number of benzene rings is 1. The van der Waals surface area contributed by atoms with Crippen LogP contribution in [-0.4, -0.2) is 51.7 Å². The van der Waals surface area contributed by atoms with Gasteiger partial charge in [-0.3, -0.25) is 4.79 Å². The molecule has 1 amide bonds. The molecule has 4 rings (SSSR count). The fourth-order valence-corrected chi connectivity index (χ4v) is 4.49. The lowest BCUT2D eigenvalue weighted by Gasteiger charge is -2.36. The Balaban J connectivity index is 1.34. The number of methoxy groups -OCH3 is 1. The first-order valence-corrected chi connectivity index (χ1v) is 12.1. The van der Waals surface area contributed by atoms with E-state index in [1.54, 1.807) is 13.3 Å². The van der Waals surface area contributed by atoms with E-state index < -0.39 is 0 Å². The van der Waals surface area contributed by atoms with Crippen molar-refractivity contribution >= 4 is 11.7 Å². The molecule has 1 N–H and O–H groups in total. The summed E-state index contributed by atoms with van der Waals surface area (Å²) >= 11 is 0. The van der Waals surface area contributed by atoms with Gasteiger partial charge in [-0.1, -0.05) is 12.1 Å². The van der Waals surface area contributed by atoms with Gasteiger partial charge in [-0.2, -0.15) is 0 Å². The number of piperidine rings is 1. The molecule has 0 spiro atoms. The smallest absolute Gasteiger partial charge is 0.222 e. The summed E-state index contributed by atoms with van der Waals surface area (Å²) in [6.07, 6.45) is 10.8. The normalized spacial score (nSPS) is 15.8. The minimum Gasteiger partial charge on any atom is -0.497 e. The summed E-state index contributed by atoms with van der Waals surface area (Å²) in [7, 11) is 1.67. The number of aryl methyl sites for hydroxylation is 3. The molecule has 1 atom stereocenters. The van der Waals surface area contributed by atoms with E-state index in [2.05, 4.69) is 26.3 Å². The van der Waals surface area contributed by atoms with Gasteiger partial charge in [0.25, 0.3) is 0 Å². The van der Waals surface area contributed by atoms with Gasteiger partial charge < -0.3 is 19.5 Å². The third-order valence-electron chi connectivity index (χ3n) is 6.25. The number of ether oxygens (including phenoxy) is 1. The quantitative estimate of drug-likeness (QED) is 0.497. The minimum absolute atomic E-state index is 0.0888. The van der Waals surface area contributed by atoms with Crippen LogP contribution in [0.3, 0.4) is 0 Å². The molecule has 3 aromatic rings. The highest BCUT2D eigenvalue weighted by molar-refractivity contribution is 5.77. The largest absolute Gasteiger partial charge is 0.497 e. The second-order valence-corrected chi connectivity index (χ2v) is 8.83. The summed E-state index contributed by atoms with van der Waals surface area (Å²) in [6.45, 7) is 4.33. The number of hydrogen-bond acceptors (Lipinski definition) is 6. The molecule has 0 saturated carbocycles. The van der Waals surface area contributed by atoms with Crippen molar-refractivity contribution in [2.75, 3.05) is 25.1 Å². The topological polar surface area (TPSA) is 85.2 Å². The summed E-state index contributed by atoms with van der Waals surface area (Å²) in [5.74, 6) is 2.69. The predicted molar refractivity (Wildman–Crippen MR) is 132 cm³/mol. The van der Waals surface area contributed by atoms with Crippen LogP contribution in [0.1, 0.15) is 42.8 Å². The van der Waals surface area contributed by atoms with Crippen LogP contribution in [-0.2, 0) is 24.2 Å². The molecule has 1 aliphatic heterocycles. The third-order valence-corrected chi connectivity index (χ3v) is 6.25. The Bertz CT molecular complexity index is 1070. The number of hydrogen-bond donors (Lipinski definition) is 1. The second kappa shape index (κ2) is 11.6. The Morgan fingerprint density at radius 1 is 1.21 bits per heavy atom. The van der Waals surface area contributed by atoms with E-state index in [1.807, 2.05) is 48.3 Å². The number of aromatic nitrogens is 4. The molecule has 2 aromatic heterocycles. The highest BCUT2D eigenvalue weighted by Crippen LogP contribution is 2.26. The summed E-state index contributed by atoms with van der Waals surface area (Å²) in [5.41, 5.74) is 2.11. The molecule has 0 bridgehead atoms. The van der Waals surface area contributed by atoms with Crippen molar-refractivity contribution in [2.45, 2.75) is 58.0 Å². The number of nitrogens with one attached hydrogen (secondary N) is 1. The fraction of sp³-hybridized carbons (Fsp3) is 0.462. The van der Waals surface area contributed by atoms with Crippen molar-refractivity contribution in [2.24, 2.45) is 0 Å². The molecule has 3 heterocycles. The van der Waals surface area contributed by atoms with Gasteiger partial charge in [0.15, 0.2) is 0 Å². The number of carbonyl (C=O) groups is 1. The zero-order chi connectivity index (χ0) is 23.8. The Labute approximate surface area is 201 Å². The highest BCUT2D eigenvalue weighted by Gasteiger charge is 2.26. The van der Waals surface area contributed by atoms with Crippen molar-refractivity contribution < 1.29 is 9.53 Å². The van der Waals surface area contributed by atoms with Crippen molar-refractivity contribution in [1.82, 2.24) is 24.8 Å². The number of anilines is 1. The molecular formula is C26H34N6O2. The summed E-state index contributed by atoms with van der Waals surface area (Å²) in [4.78, 5) is 28.7.